The zero-order valence-electron chi connectivity index (χ0n) is 33.9. The van der Waals surface area contributed by atoms with Crippen molar-refractivity contribution in [2.75, 3.05) is 18.1 Å². The van der Waals surface area contributed by atoms with Gasteiger partial charge in [-0.2, -0.15) is 0 Å². The van der Waals surface area contributed by atoms with Crippen LogP contribution in [0.3, 0.4) is 0 Å². The summed E-state index contributed by atoms with van der Waals surface area (Å²) in [6.45, 7) is 16.7. The van der Waals surface area contributed by atoms with E-state index in [-0.39, 0.29) is 12.4 Å². The van der Waals surface area contributed by atoms with Gasteiger partial charge in [0.2, 0.25) is 0 Å². The summed E-state index contributed by atoms with van der Waals surface area (Å²) < 4.78 is 26.5. The molecule has 0 bridgehead atoms. The van der Waals surface area contributed by atoms with Crippen LogP contribution in [0.15, 0.2) is 60.8 Å². The average molecular weight is 758 g/mol. The highest BCUT2D eigenvalue weighted by Gasteiger charge is 2.34. The molecular weight excluding hydrogens is 706 g/mol. The fourth-order valence-electron chi connectivity index (χ4n) is 8.45. The van der Waals surface area contributed by atoms with Crippen LogP contribution in [-0.4, -0.2) is 54.0 Å². The summed E-state index contributed by atoms with van der Waals surface area (Å²) in [7, 11) is 1.95. The van der Waals surface area contributed by atoms with Crippen LogP contribution in [0, 0.1) is 40.4 Å². The van der Waals surface area contributed by atoms with Gasteiger partial charge < -0.3 is 29.0 Å². The third-order valence-electron chi connectivity index (χ3n) is 11.3. The van der Waals surface area contributed by atoms with E-state index in [0.717, 1.165) is 47.7 Å². The molecule has 0 unspecified atom stereocenters. The molecule has 5 heterocycles. The Labute approximate surface area is 328 Å². The van der Waals surface area contributed by atoms with Crippen molar-refractivity contribution in [2.24, 2.45) is 7.05 Å². The number of rotatable bonds is 10. The zero-order valence-corrected chi connectivity index (χ0v) is 33.9. The second kappa shape index (κ2) is 15.0. The Morgan fingerprint density at radius 1 is 0.964 bits per heavy atom. The van der Waals surface area contributed by atoms with E-state index in [1.165, 1.54) is 34.3 Å². The number of aryl methyl sites for hydroxylation is 4. The highest BCUT2D eigenvalue weighted by Crippen LogP contribution is 2.44. The summed E-state index contributed by atoms with van der Waals surface area (Å²) in [6.07, 6.45) is 2.32. The van der Waals surface area contributed by atoms with Crippen molar-refractivity contribution in [3.05, 3.63) is 117 Å². The molecule has 0 spiro atoms. The number of carboxylic acids is 1. The second-order valence-corrected chi connectivity index (χ2v) is 16.2. The third kappa shape index (κ3) is 7.12. The van der Waals surface area contributed by atoms with E-state index in [0.29, 0.717) is 51.8 Å². The van der Waals surface area contributed by atoms with Gasteiger partial charge in [-0.25, -0.2) is 19.2 Å². The Morgan fingerprint density at radius 3 is 2.38 bits per heavy atom. The van der Waals surface area contributed by atoms with Crippen molar-refractivity contribution in [1.82, 2.24) is 19.1 Å². The summed E-state index contributed by atoms with van der Waals surface area (Å²) in [4.78, 5) is 25.2. The molecule has 0 saturated heterocycles. The largest absolute Gasteiger partial charge is 0.479 e. The summed E-state index contributed by atoms with van der Waals surface area (Å²) in [6, 6.07) is 18.6. The molecule has 0 saturated carbocycles. The van der Waals surface area contributed by atoms with Crippen LogP contribution in [-0.2, 0) is 36.0 Å². The number of halogens is 1. The predicted octanol–water partition coefficient (Wildman–Crippen LogP) is 9.20. The maximum absolute atomic E-state index is 15.9. The first kappa shape index (κ1) is 38.9. The minimum atomic E-state index is -1.36. The number of aliphatic hydroxyl groups is 1. The monoisotopic (exact) mass is 757 g/mol. The van der Waals surface area contributed by atoms with Crippen LogP contribution in [0.25, 0.3) is 39.1 Å². The number of aliphatic carboxylic acids is 1. The van der Waals surface area contributed by atoms with E-state index in [9.17, 15) is 15.0 Å². The van der Waals surface area contributed by atoms with E-state index in [1.807, 2.05) is 57.6 Å². The summed E-state index contributed by atoms with van der Waals surface area (Å²) in [5, 5.41) is 21.0. The van der Waals surface area contributed by atoms with E-state index in [4.69, 9.17) is 14.7 Å². The molecule has 7 rings (SSSR count). The average Bonchev–Trinajstić information content (AvgIpc) is 3.67. The number of fused-ring (bicyclic) bond motifs is 2. The zero-order chi connectivity index (χ0) is 40.2. The predicted molar refractivity (Wildman–Crippen MR) is 220 cm³/mol. The van der Waals surface area contributed by atoms with Gasteiger partial charge in [-0.1, -0.05) is 6.07 Å². The fraction of sp³-hybridized carbons (Fsp3) is 0.370. The van der Waals surface area contributed by atoms with Crippen LogP contribution < -0.4 is 4.90 Å². The van der Waals surface area contributed by atoms with Crippen molar-refractivity contribution in [1.29, 1.82) is 0 Å². The number of hydrogen-bond donors (Lipinski definition) is 2. The van der Waals surface area contributed by atoms with Crippen LogP contribution in [0.1, 0.15) is 83.8 Å². The fourth-order valence-corrected chi connectivity index (χ4v) is 8.45. The third-order valence-corrected chi connectivity index (χ3v) is 11.3. The molecule has 2 aromatic carbocycles. The van der Waals surface area contributed by atoms with Gasteiger partial charge in [-0.3, -0.25) is 0 Å². The number of benzene rings is 2. The summed E-state index contributed by atoms with van der Waals surface area (Å²) >= 11 is 0. The lowest BCUT2D eigenvalue weighted by Gasteiger charge is -2.30. The maximum Gasteiger partial charge on any atom is 0.337 e. The summed E-state index contributed by atoms with van der Waals surface area (Å²) in [5.41, 5.74) is 12.1. The lowest BCUT2D eigenvalue weighted by atomic mass is 9.86. The molecule has 56 heavy (non-hydrogen) atoms. The minimum Gasteiger partial charge on any atom is -0.479 e. The molecule has 1 atom stereocenters. The van der Waals surface area contributed by atoms with Crippen LogP contribution in [0.5, 0.6) is 0 Å². The number of ether oxygens (including phenoxy) is 1. The number of anilines is 1. The first-order chi connectivity index (χ1) is 26.6. The Kier molecular flexibility index (Phi) is 10.4. The lowest BCUT2D eigenvalue weighted by molar-refractivity contribution is -0.160. The first-order valence-electron chi connectivity index (χ1n) is 19.4. The van der Waals surface area contributed by atoms with Gasteiger partial charge in [0.1, 0.15) is 17.3 Å². The topological polar surface area (TPSA) is 106 Å². The molecule has 9 nitrogen and oxygen atoms in total. The molecule has 0 fully saturated rings. The smallest absolute Gasteiger partial charge is 0.337 e. The van der Waals surface area contributed by atoms with Gasteiger partial charge >= 0.3 is 5.97 Å². The second-order valence-electron chi connectivity index (χ2n) is 16.2. The van der Waals surface area contributed by atoms with Gasteiger partial charge in [-0.15, -0.1) is 0 Å². The molecule has 0 radical (unpaired) electrons. The van der Waals surface area contributed by atoms with E-state index in [2.05, 4.69) is 59.7 Å². The Hall–Kier alpha value is -5.32. The summed E-state index contributed by atoms with van der Waals surface area (Å²) in [5.74, 6) is -0.681. The Morgan fingerprint density at radius 2 is 1.70 bits per heavy atom. The van der Waals surface area contributed by atoms with Gasteiger partial charge in [-0.05, 0) is 157 Å². The molecule has 1 aliphatic heterocycles. The van der Waals surface area contributed by atoms with Crippen molar-refractivity contribution in [3.63, 3.8) is 0 Å². The van der Waals surface area contributed by atoms with Gasteiger partial charge in [0, 0.05) is 77.8 Å². The van der Waals surface area contributed by atoms with Crippen LogP contribution >= 0.6 is 0 Å². The molecule has 4 aromatic heterocycles. The molecule has 10 heteroatoms. The molecule has 2 N–H and O–H groups in total. The highest BCUT2D eigenvalue weighted by atomic mass is 19.1. The number of aromatic nitrogens is 4. The van der Waals surface area contributed by atoms with Crippen molar-refractivity contribution < 1.29 is 24.1 Å². The minimum absolute atomic E-state index is 0.0241. The van der Waals surface area contributed by atoms with Crippen LogP contribution in [0.2, 0.25) is 0 Å². The van der Waals surface area contributed by atoms with E-state index in [1.54, 1.807) is 13.8 Å². The number of hydrogen-bond acceptors (Lipinski definition) is 6. The maximum atomic E-state index is 15.9. The molecule has 6 aromatic rings. The molecule has 0 amide bonds. The number of pyridine rings is 2. The van der Waals surface area contributed by atoms with Gasteiger partial charge in [0.25, 0.3) is 0 Å². The molecule has 1 aliphatic rings. The van der Waals surface area contributed by atoms with Gasteiger partial charge in [0.15, 0.2) is 6.10 Å². The Bertz CT molecular complexity index is 2470. The first-order valence-corrected chi connectivity index (χ1v) is 19.4. The number of aliphatic hydroxyl groups excluding tert-OH is 1. The molecular formula is C46H52FN5O4. The standard InChI is InChI=1S/C46H52FN5O4/c1-26-12-13-27(2)52(26)34-15-14-33-25-51(19-17-31(33)21-34)40-22-32(16-18-48-40)39-24-37-42(36-23-38(47)29(4)35(28(36)3)11-10-20-53)41(30(5)49-44(37)50(39)9)43(45(54)55)56-46(6,7)8/h12-16,18,21-24,43,53H,10-11,17,19-20,25H2,1-9H3,(H,54,55)/t43-/m0/s1. The lowest BCUT2D eigenvalue weighted by Crippen LogP contribution is -2.31. The van der Waals surface area contributed by atoms with Gasteiger partial charge in [0.05, 0.1) is 11.3 Å². The highest BCUT2D eigenvalue weighted by molar-refractivity contribution is 6.01. The Balaban J connectivity index is 1.35. The van der Waals surface area contributed by atoms with Crippen molar-refractivity contribution in [3.8, 4) is 28.1 Å². The number of carboxylic acid groups (broad SMARTS) is 1. The quantitative estimate of drug-likeness (QED) is 0.144. The molecule has 292 valence electrons. The SMILES string of the molecule is Cc1nc2c(cc(-c3ccnc(N4CCc5cc(-n6c(C)ccc6C)ccc5C4)c3)n2C)c(-c2cc(F)c(C)c(CCCO)c2C)c1[C@H](OC(C)(C)C)C(=O)O. The van der Waals surface area contributed by atoms with Crippen molar-refractivity contribution >= 4 is 22.8 Å². The van der Waals surface area contributed by atoms with Crippen LogP contribution in [0.4, 0.5) is 10.2 Å². The van der Waals surface area contributed by atoms with E-state index < -0.39 is 17.7 Å². The van der Waals surface area contributed by atoms with Crippen molar-refractivity contribution in [2.45, 2.75) is 92.9 Å². The van der Waals surface area contributed by atoms with E-state index >= 15 is 4.39 Å². The number of carbonyl (C=O) groups is 1. The molecule has 0 aliphatic carbocycles. The number of nitrogens with zero attached hydrogens (tertiary/aromatic N) is 5. The normalized spacial score (nSPS) is 13.7.